The molecule has 0 saturated heterocycles. The summed E-state index contributed by atoms with van der Waals surface area (Å²) >= 11 is 1.21. The molecule has 1 aliphatic rings. The second-order valence-electron chi connectivity index (χ2n) is 5.75. The van der Waals surface area contributed by atoms with Gasteiger partial charge in [-0.15, -0.1) is 11.3 Å². The van der Waals surface area contributed by atoms with E-state index in [4.69, 9.17) is 4.74 Å². The number of thiophene rings is 1. The highest BCUT2D eigenvalue weighted by Gasteiger charge is 2.35. The van der Waals surface area contributed by atoms with Gasteiger partial charge in [-0.05, 0) is 31.2 Å². The molecule has 1 unspecified atom stereocenters. The molecular formula is C17H23NO4S. The quantitative estimate of drug-likeness (QED) is 0.792. The van der Waals surface area contributed by atoms with Gasteiger partial charge < -0.3 is 10.1 Å². The number of hydrogen-bond donors (Lipinski definition) is 1. The van der Waals surface area contributed by atoms with Gasteiger partial charge in [-0.25, -0.2) is 4.79 Å². The average molecular weight is 337 g/mol. The van der Waals surface area contributed by atoms with E-state index < -0.39 is 5.97 Å². The highest BCUT2D eigenvalue weighted by Crippen LogP contribution is 2.45. The Morgan fingerprint density at radius 2 is 2.09 bits per heavy atom. The first-order chi connectivity index (χ1) is 11.0. The van der Waals surface area contributed by atoms with E-state index >= 15 is 0 Å². The minimum Gasteiger partial charge on any atom is -0.462 e. The van der Waals surface area contributed by atoms with Crippen molar-refractivity contribution >= 4 is 34.0 Å². The number of esters is 1. The molecule has 5 nitrogen and oxygen atoms in total. The van der Waals surface area contributed by atoms with Crippen LogP contribution in [-0.2, 0) is 9.53 Å². The Balaban J connectivity index is 2.52. The van der Waals surface area contributed by atoms with Crippen LogP contribution >= 0.6 is 11.3 Å². The molecule has 6 heteroatoms. The predicted octanol–water partition coefficient (Wildman–Crippen LogP) is 4.13. The molecule has 1 aliphatic carbocycles. The Morgan fingerprint density at radius 1 is 1.35 bits per heavy atom. The first-order valence-electron chi connectivity index (χ1n) is 8.14. The fourth-order valence-electron chi connectivity index (χ4n) is 3.00. The van der Waals surface area contributed by atoms with Crippen LogP contribution in [0.25, 0.3) is 0 Å². The van der Waals surface area contributed by atoms with Crippen molar-refractivity contribution < 1.29 is 19.1 Å². The Bertz CT molecular complexity index is 620. The van der Waals surface area contributed by atoms with Crippen LogP contribution in [0.3, 0.4) is 0 Å². The van der Waals surface area contributed by atoms with Crippen molar-refractivity contribution in [3.8, 4) is 0 Å². The van der Waals surface area contributed by atoms with Gasteiger partial charge in [0, 0.05) is 13.3 Å². The largest absolute Gasteiger partial charge is 0.462 e. The maximum Gasteiger partial charge on any atom is 0.341 e. The molecule has 1 aromatic heterocycles. The van der Waals surface area contributed by atoms with Crippen LogP contribution in [0.4, 0.5) is 5.00 Å². The zero-order valence-electron chi connectivity index (χ0n) is 13.9. The molecule has 0 bridgehead atoms. The molecule has 126 valence electrons. The third-order valence-electron chi connectivity index (χ3n) is 4.00. The van der Waals surface area contributed by atoms with Gasteiger partial charge in [0.1, 0.15) is 5.00 Å². The van der Waals surface area contributed by atoms with Gasteiger partial charge in [-0.2, -0.15) is 0 Å². The lowest BCUT2D eigenvalue weighted by Crippen LogP contribution is -2.18. The molecule has 1 aromatic rings. The SMILES string of the molecule is CCCCC1CCC(=O)c2sc(NC(C)=O)c(C(=O)OCC)c21. The summed E-state index contributed by atoms with van der Waals surface area (Å²) in [5, 5.41) is 3.14. The van der Waals surface area contributed by atoms with Gasteiger partial charge >= 0.3 is 5.97 Å². The Morgan fingerprint density at radius 3 is 2.70 bits per heavy atom. The Hall–Kier alpha value is -1.69. The number of amides is 1. The van der Waals surface area contributed by atoms with Crippen LogP contribution < -0.4 is 5.32 Å². The summed E-state index contributed by atoms with van der Waals surface area (Å²) in [7, 11) is 0. The number of unbranched alkanes of at least 4 members (excludes halogenated alkanes) is 1. The van der Waals surface area contributed by atoms with Crippen molar-refractivity contribution in [2.24, 2.45) is 0 Å². The molecule has 1 heterocycles. The van der Waals surface area contributed by atoms with Gasteiger partial charge in [0.25, 0.3) is 0 Å². The summed E-state index contributed by atoms with van der Waals surface area (Å²) in [5.41, 5.74) is 1.18. The van der Waals surface area contributed by atoms with Gasteiger partial charge in [-0.1, -0.05) is 19.8 Å². The molecule has 1 N–H and O–H groups in total. The maximum absolute atomic E-state index is 12.4. The number of nitrogens with one attached hydrogen (secondary N) is 1. The molecule has 2 rings (SSSR count). The molecule has 0 fully saturated rings. The van der Waals surface area contributed by atoms with Crippen LogP contribution in [0.1, 0.15) is 84.4 Å². The minimum atomic E-state index is -0.454. The molecule has 1 atom stereocenters. The van der Waals surface area contributed by atoms with E-state index in [1.807, 2.05) is 0 Å². The number of carbonyl (C=O) groups is 3. The van der Waals surface area contributed by atoms with Gasteiger partial charge in [0.2, 0.25) is 5.91 Å². The van der Waals surface area contributed by atoms with Crippen LogP contribution in [0.2, 0.25) is 0 Å². The van der Waals surface area contributed by atoms with E-state index in [1.54, 1.807) is 6.92 Å². The number of hydrogen-bond acceptors (Lipinski definition) is 5. The highest BCUT2D eigenvalue weighted by molar-refractivity contribution is 7.18. The summed E-state index contributed by atoms with van der Waals surface area (Å²) in [5.74, 6) is -0.475. The Kier molecular flexibility index (Phi) is 5.93. The van der Waals surface area contributed by atoms with E-state index in [-0.39, 0.29) is 24.2 Å². The smallest absolute Gasteiger partial charge is 0.341 e. The average Bonchev–Trinajstić information content (AvgIpc) is 2.86. The predicted molar refractivity (Wildman–Crippen MR) is 90.4 cm³/mol. The van der Waals surface area contributed by atoms with Gasteiger partial charge in [0.05, 0.1) is 17.0 Å². The summed E-state index contributed by atoms with van der Waals surface area (Å²) in [6.45, 7) is 5.52. The van der Waals surface area contributed by atoms with E-state index in [9.17, 15) is 14.4 Å². The monoisotopic (exact) mass is 337 g/mol. The highest BCUT2D eigenvalue weighted by atomic mass is 32.1. The van der Waals surface area contributed by atoms with Crippen molar-refractivity contribution in [1.82, 2.24) is 0 Å². The number of anilines is 1. The maximum atomic E-state index is 12.4. The van der Waals surface area contributed by atoms with Crippen molar-refractivity contribution in [3.63, 3.8) is 0 Å². The van der Waals surface area contributed by atoms with Crippen LogP contribution in [0.15, 0.2) is 0 Å². The molecule has 0 spiro atoms. The molecule has 0 radical (unpaired) electrons. The zero-order valence-corrected chi connectivity index (χ0v) is 14.7. The molecule has 23 heavy (non-hydrogen) atoms. The third-order valence-corrected chi connectivity index (χ3v) is 5.16. The zero-order chi connectivity index (χ0) is 17.0. The van der Waals surface area contributed by atoms with Crippen LogP contribution in [0.5, 0.6) is 0 Å². The number of Topliss-reactive ketones (excluding diaryl/α,β-unsaturated/α-hetero) is 1. The van der Waals surface area contributed by atoms with E-state index in [0.29, 0.717) is 21.9 Å². The second-order valence-corrected chi connectivity index (χ2v) is 6.77. The summed E-state index contributed by atoms with van der Waals surface area (Å²) in [4.78, 5) is 36.8. The van der Waals surface area contributed by atoms with Gasteiger partial charge in [-0.3, -0.25) is 9.59 Å². The molecular weight excluding hydrogens is 314 g/mol. The van der Waals surface area contributed by atoms with Crippen molar-refractivity contribution in [1.29, 1.82) is 0 Å². The number of rotatable bonds is 6. The second kappa shape index (κ2) is 7.73. The first kappa shape index (κ1) is 17.7. The lowest BCUT2D eigenvalue weighted by molar-refractivity contribution is -0.114. The molecule has 1 amide bonds. The van der Waals surface area contributed by atoms with Crippen LogP contribution in [-0.4, -0.2) is 24.3 Å². The number of carbonyl (C=O) groups excluding carboxylic acids is 3. The Labute approximate surface area is 140 Å². The molecule has 0 saturated carbocycles. The summed E-state index contributed by atoms with van der Waals surface area (Å²) in [6, 6.07) is 0. The van der Waals surface area contributed by atoms with Crippen LogP contribution in [0, 0.1) is 0 Å². The molecule has 0 aliphatic heterocycles. The lowest BCUT2D eigenvalue weighted by Gasteiger charge is -2.23. The number of fused-ring (bicyclic) bond motifs is 1. The lowest BCUT2D eigenvalue weighted by atomic mass is 9.81. The summed E-state index contributed by atoms with van der Waals surface area (Å²) < 4.78 is 5.17. The van der Waals surface area contributed by atoms with Crippen molar-refractivity contribution in [2.45, 2.75) is 58.8 Å². The summed E-state index contributed by atoms with van der Waals surface area (Å²) in [6.07, 6.45) is 4.32. The standard InChI is InChI=1S/C17H23NO4S/c1-4-6-7-11-8-9-12(20)15-13(11)14(17(21)22-5-2)16(23-15)18-10(3)19/h11H,4-9H2,1-3H3,(H,18,19). The fourth-order valence-corrected chi connectivity index (χ4v) is 4.29. The van der Waals surface area contributed by atoms with Crippen molar-refractivity contribution in [2.75, 3.05) is 11.9 Å². The van der Waals surface area contributed by atoms with Crippen molar-refractivity contribution in [3.05, 3.63) is 16.0 Å². The molecule has 0 aromatic carbocycles. The normalized spacial score (nSPS) is 16.8. The fraction of sp³-hybridized carbons (Fsp3) is 0.588. The first-order valence-corrected chi connectivity index (χ1v) is 8.95. The van der Waals surface area contributed by atoms with E-state index in [1.165, 1.54) is 18.3 Å². The van der Waals surface area contributed by atoms with E-state index in [2.05, 4.69) is 12.2 Å². The van der Waals surface area contributed by atoms with E-state index in [0.717, 1.165) is 31.2 Å². The number of ether oxygens (including phenoxy) is 1. The topological polar surface area (TPSA) is 72.5 Å². The number of ketones is 1. The van der Waals surface area contributed by atoms with Gasteiger partial charge in [0.15, 0.2) is 5.78 Å². The third kappa shape index (κ3) is 3.80. The minimum absolute atomic E-state index is 0.0555.